The molecule has 19 heavy (non-hydrogen) atoms. The van der Waals surface area contributed by atoms with Gasteiger partial charge in [0.25, 0.3) is 0 Å². The Morgan fingerprint density at radius 1 is 1.47 bits per heavy atom. The fourth-order valence-corrected chi connectivity index (χ4v) is 3.40. The minimum atomic E-state index is -3.85. The molecule has 3 N–H and O–H groups in total. The van der Waals surface area contributed by atoms with Crippen molar-refractivity contribution in [3.63, 3.8) is 0 Å². The van der Waals surface area contributed by atoms with Crippen molar-refractivity contribution in [2.75, 3.05) is 18.4 Å². The third-order valence-electron chi connectivity index (χ3n) is 2.75. The summed E-state index contributed by atoms with van der Waals surface area (Å²) in [6.45, 7) is 1.66. The molecule has 104 valence electrons. The van der Waals surface area contributed by atoms with Crippen LogP contribution >= 0.6 is 0 Å². The van der Waals surface area contributed by atoms with Crippen LogP contribution in [0.5, 0.6) is 0 Å². The SMILES string of the molecule is CC(=O)Nc1ccc(S(=O)(=O)N2CC(N)C2)c(F)c1. The van der Waals surface area contributed by atoms with Crippen molar-refractivity contribution in [3.8, 4) is 0 Å². The number of hydrogen-bond acceptors (Lipinski definition) is 4. The highest BCUT2D eigenvalue weighted by atomic mass is 32.2. The van der Waals surface area contributed by atoms with Crippen molar-refractivity contribution in [1.82, 2.24) is 4.31 Å². The molecule has 0 radical (unpaired) electrons. The van der Waals surface area contributed by atoms with E-state index in [1.165, 1.54) is 13.0 Å². The number of nitrogens with one attached hydrogen (secondary N) is 1. The molecule has 0 atom stereocenters. The molecule has 0 saturated carbocycles. The normalized spacial score (nSPS) is 17.0. The van der Waals surface area contributed by atoms with Gasteiger partial charge < -0.3 is 11.1 Å². The summed E-state index contributed by atoms with van der Waals surface area (Å²) in [5.41, 5.74) is 5.73. The second-order valence-electron chi connectivity index (χ2n) is 4.41. The minimum Gasteiger partial charge on any atom is -0.326 e. The second kappa shape index (κ2) is 4.87. The number of carbonyl (C=O) groups is 1. The summed E-state index contributed by atoms with van der Waals surface area (Å²) in [7, 11) is -3.85. The predicted molar refractivity (Wildman–Crippen MR) is 67.4 cm³/mol. The fraction of sp³-hybridized carbons (Fsp3) is 0.364. The Labute approximate surface area is 110 Å². The Morgan fingerprint density at radius 3 is 2.58 bits per heavy atom. The Morgan fingerprint density at radius 2 is 2.11 bits per heavy atom. The zero-order valence-corrected chi connectivity index (χ0v) is 11.1. The molecule has 8 heteroatoms. The van der Waals surface area contributed by atoms with Crippen molar-refractivity contribution < 1.29 is 17.6 Å². The molecule has 0 aromatic heterocycles. The Balaban J connectivity index is 2.28. The van der Waals surface area contributed by atoms with Gasteiger partial charge in [0, 0.05) is 31.7 Å². The van der Waals surface area contributed by atoms with Crippen LogP contribution in [0.1, 0.15) is 6.92 Å². The van der Waals surface area contributed by atoms with Gasteiger partial charge in [-0.05, 0) is 18.2 Å². The lowest BCUT2D eigenvalue weighted by Gasteiger charge is -2.35. The van der Waals surface area contributed by atoms with Crippen LogP contribution in [-0.2, 0) is 14.8 Å². The number of carbonyl (C=O) groups excluding carboxylic acids is 1. The van der Waals surface area contributed by atoms with Crippen LogP contribution in [0, 0.1) is 5.82 Å². The predicted octanol–water partition coefficient (Wildman–Crippen LogP) is 0.116. The molecule has 0 spiro atoms. The topological polar surface area (TPSA) is 92.5 Å². The lowest BCUT2D eigenvalue weighted by Crippen LogP contribution is -2.57. The third kappa shape index (κ3) is 2.75. The minimum absolute atomic E-state index is 0.190. The van der Waals surface area contributed by atoms with E-state index in [0.29, 0.717) is 0 Å². The molecule has 1 aromatic rings. The van der Waals surface area contributed by atoms with Crippen molar-refractivity contribution in [3.05, 3.63) is 24.0 Å². The quantitative estimate of drug-likeness (QED) is 0.825. The second-order valence-corrected chi connectivity index (χ2v) is 6.31. The van der Waals surface area contributed by atoms with Crippen LogP contribution in [0.2, 0.25) is 0 Å². The maximum Gasteiger partial charge on any atom is 0.246 e. The van der Waals surface area contributed by atoms with Crippen LogP contribution in [0.3, 0.4) is 0 Å². The fourth-order valence-electron chi connectivity index (χ4n) is 1.80. The van der Waals surface area contributed by atoms with Gasteiger partial charge in [0.2, 0.25) is 15.9 Å². The zero-order valence-electron chi connectivity index (χ0n) is 10.3. The number of nitrogens with zero attached hydrogens (tertiary/aromatic N) is 1. The average molecular weight is 287 g/mol. The molecule has 1 aliphatic heterocycles. The number of anilines is 1. The van der Waals surface area contributed by atoms with Crippen LogP contribution in [0.25, 0.3) is 0 Å². The van der Waals surface area contributed by atoms with E-state index in [2.05, 4.69) is 5.32 Å². The molecule has 6 nitrogen and oxygen atoms in total. The number of sulfonamides is 1. The third-order valence-corrected chi connectivity index (χ3v) is 4.61. The van der Waals surface area contributed by atoms with Crippen LogP contribution in [0.4, 0.5) is 10.1 Å². The van der Waals surface area contributed by atoms with Gasteiger partial charge in [-0.2, -0.15) is 4.31 Å². The van der Waals surface area contributed by atoms with Crippen LogP contribution in [0.15, 0.2) is 23.1 Å². The summed E-state index contributed by atoms with van der Waals surface area (Å²) in [5, 5.41) is 2.38. The van der Waals surface area contributed by atoms with Gasteiger partial charge in [-0.25, -0.2) is 12.8 Å². The molecule has 0 aliphatic carbocycles. The summed E-state index contributed by atoms with van der Waals surface area (Å²) in [6.07, 6.45) is 0. The van der Waals surface area contributed by atoms with Crippen LogP contribution in [-0.4, -0.2) is 37.8 Å². The highest BCUT2D eigenvalue weighted by Gasteiger charge is 2.36. The molecule has 1 amide bonds. The lowest BCUT2D eigenvalue weighted by molar-refractivity contribution is -0.114. The summed E-state index contributed by atoms with van der Waals surface area (Å²) >= 11 is 0. The monoisotopic (exact) mass is 287 g/mol. The number of halogens is 1. The van der Waals surface area contributed by atoms with Gasteiger partial charge >= 0.3 is 0 Å². The Kier molecular flexibility index (Phi) is 3.57. The van der Waals surface area contributed by atoms with Crippen molar-refractivity contribution in [2.45, 2.75) is 17.9 Å². The molecular weight excluding hydrogens is 273 g/mol. The summed E-state index contributed by atoms with van der Waals surface area (Å²) < 4.78 is 39.1. The number of rotatable bonds is 3. The summed E-state index contributed by atoms with van der Waals surface area (Å²) in [4.78, 5) is 10.4. The van der Waals surface area contributed by atoms with Gasteiger partial charge in [0.15, 0.2) is 0 Å². The van der Waals surface area contributed by atoms with Crippen molar-refractivity contribution >= 4 is 21.6 Å². The van der Waals surface area contributed by atoms with Gasteiger partial charge in [0.05, 0.1) is 0 Å². The number of amides is 1. The average Bonchev–Trinajstić information content (AvgIpc) is 2.23. The first kappa shape index (κ1) is 13.9. The van der Waals surface area contributed by atoms with Crippen molar-refractivity contribution in [2.24, 2.45) is 5.73 Å². The molecular formula is C11H14FN3O3S. The van der Waals surface area contributed by atoms with Crippen LogP contribution < -0.4 is 11.1 Å². The first-order valence-electron chi connectivity index (χ1n) is 5.63. The van der Waals surface area contributed by atoms with Gasteiger partial charge in [-0.15, -0.1) is 0 Å². The highest BCUT2D eigenvalue weighted by Crippen LogP contribution is 2.25. The maximum atomic E-state index is 13.8. The molecule has 1 saturated heterocycles. The Bertz CT molecular complexity index is 612. The van der Waals surface area contributed by atoms with E-state index >= 15 is 0 Å². The number of benzene rings is 1. The van der Waals surface area contributed by atoms with E-state index in [1.807, 2.05) is 0 Å². The molecule has 0 unspecified atom stereocenters. The van der Waals surface area contributed by atoms with E-state index in [0.717, 1.165) is 16.4 Å². The smallest absolute Gasteiger partial charge is 0.246 e. The van der Waals surface area contributed by atoms with E-state index in [-0.39, 0.29) is 30.7 Å². The Hall–Kier alpha value is -1.51. The van der Waals surface area contributed by atoms with E-state index < -0.39 is 20.7 Å². The zero-order chi connectivity index (χ0) is 14.2. The molecule has 1 aliphatic rings. The van der Waals surface area contributed by atoms with E-state index in [9.17, 15) is 17.6 Å². The standard InChI is InChI=1S/C11H14FN3O3S/c1-7(16)14-9-2-3-11(10(12)4-9)19(17,18)15-5-8(13)6-15/h2-4,8H,5-6,13H2,1H3,(H,14,16). The van der Waals surface area contributed by atoms with Crippen molar-refractivity contribution in [1.29, 1.82) is 0 Å². The molecule has 0 bridgehead atoms. The number of nitrogens with two attached hydrogens (primary N) is 1. The lowest BCUT2D eigenvalue weighted by atomic mass is 10.2. The van der Waals surface area contributed by atoms with Gasteiger partial charge in [-0.3, -0.25) is 4.79 Å². The van der Waals surface area contributed by atoms with E-state index in [1.54, 1.807) is 0 Å². The largest absolute Gasteiger partial charge is 0.326 e. The molecule has 2 rings (SSSR count). The number of hydrogen-bond donors (Lipinski definition) is 2. The maximum absolute atomic E-state index is 13.8. The summed E-state index contributed by atoms with van der Waals surface area (Å²) in [5.74, 6) is -1.25. The first-order chi connectivity index (χ1) is 8.80. The molecule has 1 heterocycles. The van der Waals surface area contributed by atoms with Gasteiger partial charge in [-0.1, -0.05) is 0 Å². The van der Waals surface area contributed by atoms with Gasteiger partial charge in [0.1, 0.15) is 10.7 Å². The molecule has 1 fully saturated rings. The highest BCUT2D eigenvalue weighted by molar-refractivity contribution is 7.89. The van der Waals surface area contributed by atoms with E-state index in [4.69, 9.17) is 5.73 Å². The first-order valence-corrected chi connectivity index (χ1v) is 7.07. The molecule has 1 aromatic carbocycles. The summed E-state index contributed by atoms with van der Waals surface area (Å²) in [6, 6.07) is 3.27.